The molecule has 4 amide bonds. The number of benzene rings is 1. The largest absolute Gasteiger partial charge is 0.449 e. The highest BCUT2D eigenvalue weighted by atomic mass is 32.2. The number of rotatable bonds is 6. The van der Waals surface area contributed by atoms with Gasteiger partial charge in [-0.05, 0) is 60.8 Å². The predicted octanol–water partition coefficient (Wildman–Crippen LogP) is 4.38. The molecule has 1 aromatic heterocycles. The number of alkyl carbamates (subject to hydrolysis) is 1. The first-order valence-electron chi connectivity index (χ1n) is 18.8. The van der Waals surface area contributed by atoms with Crippen molar-refractivity contribution in [3.63, 3.8) is 0 Å². The summed E-state index contributed by atoms with van der Waals surface area (Å²) in [7, 11) is -3.88. The Hall–Kier alpha value is -4.14. The van der Waals surface area contributed by atoms with Gasteiger partial charge in [0.05, 0.1) is 18.4 Å². The zero-order valence-corrected chi connectivity index (χ0v) is 32.3. The van der Waals surface area contributed by atoms with Gasteiger partial charge in [-0.1, -0.05) is 72.6 Å². The van der Waals surface area contributed by atoms with Crippen LogP contribution in [0.15, 0.2) is 30.6 Å². The van der Waals surface area contributed by atoms with Crippen LogP contribution < -0.4 is 15.4 Å². The van der Waals surface area contributed by atoms with E-state index in [1.165, 1.54) is 9.47 Å². The summed E-state index contributed by atoms with van der Waals surface area (Å²) in [6.07, 6.45) is 6.05. The van der Waals surface area contributed by atoms with Gasteiger partial charge in [-0.2, -0.15) is 0 Å². The van der Waals surface area contributed by atoms with Crippen LogP contribution in [0.3, 0.4) is 0 Å². The maximum absolute atomic E-state index is 14.5. The first kappa shape index (κ1) is 38.6. The second kappa shape index (κ2) is 14.3. The molecule has 15 heteroatoms. The quantitative estimate of drug-likeness (QED) is 0.385. The number of ether oxygens (including phenoxy) is 2. The van der Waals surface area contributed by atoms with E-state index in [2.05, 4.69) is 15.4 Å². The average Bonchev–Trinajstić information content (AvgIpc) is 3.97. The van der Waals surface area contributed by atoms with Crippen LogP contribution in [0.1, 0.15) is 98.5 Å². The summed E-state index contributed by atoms with van der Waals surface area (Å²) >= 11 is 0. The molecule has 0 unspecified atom stereocenters. The number of carbonyl (C=O) groups excluding carboxylic acids is 5. The number of nitrogens with one attached hydrogen (secondary N) is 3. The van der Waals surface area contributed by atoms with Crippen molar-refractivity contribution in [1.82, 2.24) is 24.8 Å². The highest BCUT2D eigenvalue weighted by molar-refractivity contribution is 7.91. The number of amides is 4. The second-order valence-electron chi connectivity index (χ2n) is 17.2. The Balaban J connectivity index is 1.31. The third-order valence-corrected chi connectivity index (χ3v) is 13.0. The number of carbonyl (C=O) groups is 5. The number of fused-ring (bicyclic) bond motifs is 3. The number of cyclic esters (lactones) is 1. The van der Waals surface area contributed by atoms with E-state index in [0.717, 1.165) is 42.0 Å². The average molecular weight is 756 g/mol. The van der Waals surface area contributed by atoms with Crippen LogP contribution in [0.25, 0.3) is 10.8 Å². The van der Waals surface area contributed by atoms with Crippen molar-refractivity contribution in [2.45, 2.75) is 128 Å². The molecule has 0 spiro atoms. The molecular formula is C38H53N5O9S. The molecule has 5 atom stereocenters. The van der Waals surface area contributed by atoms with Crippen LogP contribution in [0, 0.1) is 16.7 Å². The fraction of sp³-hybridized carbons (Fsp3) is 0.658. The van der Waals surface area contributed by atoms with E-state index >= 15 is 0 Å². The fourth-order valence-corrected chi connectivity index (χ4v) is 9.02. The van der Waals surface area contributed by atoms with Crippen molar-refractivity contribution in [3.05, 3.63) is 36.2 Å². The smallest absolute Gasteiger partial charge is 0.418 e. The maximum Gasteiger partial charge on any atom is 0.418 e. The lowest BCUT2D eigenvalue weighted by atomic mass is 9.85. The summed E-state index contributed by atoms with van der Waals surface area (Å²) in [6.45, 7) is 11.2. The molecule has 53 heavy (non-hydrogen) atoms. The van der Waals surface area contributed by atoms with Gasteiger partial charge in [-0.25, -0.2) is 18.0 Å². The van der Waals surface area contributed by atoms with Crippen LogP contribution in [-0.2, 0) is 40.3 Å². The number of sulfonamides is 1. The molecule has 3 heterocycles. The van der Waals surface area contributed by atoms with Crippen molar-refractivity contribution in [2.24, 2.45) is 16.7 Å². The van der Waals surface area contributed by atoms with Gasteiger partial charge in [0.2, 0.25) is 21.8 Å². The van der Waals surface area contributed by atoms with Crippen LogP contribution >= 0.6 is 0 Å². The number of aromatic nitrogens is 1. The first-order chi connectivity index (χ1) is 24.8. The van der Waals surface area contributed by atoms with E-state index in [-0.39, 0.29) is 37.3 Å². The number of aryl methyl sites for hydroxylation is 1. The highest BCUT2D eigenvalue weighted by Gasteiger charge is 2.62. The van der Waals surface area contributed by atoms with Crippen LogP contribution in [-0.4, -0.2) is 89.9 Å². The molecule has 1 aromatic carbocycles. The van der Waals surface area contributed by atoms with Crippen LogP contribution in [0.4, 0.5) is 9.59 Å². The molecule has 4 aliphatic rings. The molecule has 2 aliphatic carbocycles. The Kier molecular flexibility index (Phi) is 10.4. The number of nitrogens with zero attached hydrogens (tertiary/aromatic N) is 2. The van der Waals surface area contributed by atoms with Gasteiger partial charge in [-0.3, -0.25) is 23.7 Å². The molecule has 14 nitrogen and oxygen atoms in total. The summed E-state index contributed by atoms with van der Waals surface area (Å²) in [6, 6.07) is 3.58. The fourth-order valence-electron chi connectivity index (χ4n) is 7.65. The van der Waals surface area contributed by atoms with Crippen molar-refractivity contribution >= 4 is 50.7 Å². The van der Waals surface area contributed by atoms with Gasteiger partial charge >= 0.3 is 12.2 Å². The third kappa shape index (κ3) is 8.34. The van der Waals surface area contributed by atoms with E-state index in [1.807, 2.05) is 39.0 Å². The third-order valence-electron chi connectivity index (χ3n) is 11.2. The molecule has 1 saturated heterocycles. The van der Waals surface area contributed by atoms with E-state index in [9.17, 15) is 32.4 Å². The molecule has 3 N–H and O–H groups in total. The zero-order valence-electron chi connectivity index (χ0n) is 31.5. The number of hydrogen-bond acceptors (Lipinski definition) is 9. The highest BCUT2D eigenvalue weighted by Crippen LogP contribution is 2.47. The van der Waals surface area contributed by atoms with Gasteiger partial charge in [0.15, 0.2) is 0 Å². The molecular weight excluding hydrogens is 703 g/mol. The topological polar surface area (TPSA) is 182 Å². The van der Waals surface area contributed by atoms with Crippen LogP contribution in [0.2, 0.25) is 0 Å². The molecule has 290 valence electrons. The minimum Gasteiger partial charge on any atom is -0.449 e. The van der Waals surface area contributed by atoms with Gasteiger partial charge in [0.1, 0.15) is 23.7 Å². The lowest BCUT2D eigenvalue weighted by Crippen LogP contribution is -2.60. The lowest BCUT2D eigenvalue weighted by Gasteiger charge is -2.35. The summed E-state index contributed by atoms with van der Waals surface area (Å²) in [5.41, 5.74) is -1.54. The Morgan fingerprint density at radius 3 is 2.47 bits per heavy atom. The maximum atomic E-state index is 14.5. The molecule has 2 aromatic rings. The lowest BCUT2D eigenvalue weighted by molar-refractivity contribution is -0.143. The Labute approximate surface area is 311 Å². The SMILES string of the molecule is CC[C@@H]1C[C@]1(NC(=O)[C@@H]1C[C@@H]2CN1C(=O)[C@H](C(C)(C)C)NC(=O)OCC(C)(C)CCCCc1cccc3cn(cc13)C(=O)O2)C(=O)NS(=O)(=O)C1CC1. The molecule has 6 rings (SSSR count). The van der Waals surface area contributed by atoms with Gasteiger partial charge in [0, 0.05) is 29.6 Å². The zero-order chi connectivity index (χ0) is 38.5. The summed E-state index contributed by atoms with van der Waals surface area (Å²) in [4.78, 5) is 70.4. The Morgan fingerprint density at radius 1 is 1.08 bits per heavy atom. The van der Waals surface area contributed by atoms with Crippen molar-refractivity contribution in [2.75, 3.05) is 13.2 Å². The molecule has 0 radical (unpaired) electrons. The number of hydrogen-bond donors (Lipinski definition) is 3. The minimum atomic E-state index is -3.88. The molecule has 3 fully saturated rings. The van der Waals surface area contributed by atoms with E-state index in [4.69, 9.17) is 9.47 Å². The standard InChI is InChI=1S/C38H53N5O9S/c1-7-25-18-38(25,33(46)41-53(49,50)27-14-15-27)40-31(44)29-17-26-20-43(29)32(45)30(36(2,3)4)39-34(47)51-22-37(5,6)16-9-8-11-23-12-10-13-24-19-42(21-28(23)24)35(48)52-26/h10,12-13,19,21,25-27,29-30H,7-9,11,14-18,20,22H2,1-6H3,(H,39,47)(H,40,44)(H,41,46)/t25-,26-,29+,30-,38-/m1/s1. The monoisotopic (exact) mass is 755 g/mol. The first-order valence-corrected chi connectivity index (χ1v) is 20.3. The Bertz CT molecular complexity index is 1900. The normalized spacial score (nSPS) is 28.5. The Morgan fingerprint density at radius 2 is 1.81 bits per heavy atom. The summed E-state index contributed by atoms with van der Waals surface area (Å²) < 4.78 is 40.6. The van der Waals surface area contributed by atoms with Crippen molar-refractivity contribution in [1.29, 1.82) is 0 Å². The van der Waals surface area contributed by atoms with Gasteiger partial charge in [-0.15, -0.1) is 0 Å². The predicted molar refractivity (Wildman–Crippen MR) is 196 cm³/mol. The van der Waals surface area contributed by atoms with Crippen molar-refractivity contribution < 1.29 is 41.9 Å². The summed E-state index contributed by atoms with van der Waals surface area (Å²) in [5.74, 6) is -2.38. The van der Waals surface area contributed by atoms with Gasteiger partial charge < -0.3 is 25.0 Å². The second-order valence-corrected chi connectivity index (χ2v) is 19.1. The van der Waals surface area contributed by atoms with E-state index < -0.39 is 74.3 Å². The van der Waals surface area contributed by atoms with Gasteiger partial charge in [0.25, 0.3) is 5.91 Å². The van der Waals surface area contributed by atoms with E-state index in [0.29, 0.717) is 19.3 Å². The molecule has 4 bridgehead atoms. The minimum absolute atomic E-state index is 0.0836. The van der Waals surface area contributed by atoms with Crippen LogP contribution in [0.5, 0.6) is 0 Å². The van der Waals surface area contributed by atoms with Crippen molar-refractivity contribution in [3.8, 4) is 0 Å². The molecule has 2 saturated carbocycles. The molecule has 2 aliphatic heterocycles. The summed E-state index contributed by atoms with van der Waals surface area (Å²) in [5, 5.41) is 6.72. The van der Waals surface area contributed by atoms with E-state index in [1.54, 1.807) is 33.2 Å².